The summed E-state index contributed by atoms with van der Waals surface area (Å²) in [4.78, 5) is 53.2. The number of benzene rings is 2. The summed E-state index contributed by atoms with van der Waals surface area (Å²) in [6.07, 6.45) is 2.10. The molecule has 0 aromatic heterocycles. The molecule has 11 heteroatoms. The molecule has 4 aliphatic rings. The van der Waals surface area contributed by atoms with Crippen LogP contribution in [0.25, 0.3) is 0 Å². The average Bonchev–Trinajstić information content (AvgIpc) is 3.23. The minimum atomic E-state index is -1.86. The van der Waals surface area contributed by atoms with Gasteiger partial charge in [0.05, 0.1) is 23.0 Å². The number of nitrogens with zero attached hydrogens (tertiary/aromatic N) is 2. The molecule has 2 saturated heterocycles. The summed E-state index contributed by atoms with van der Waals surface area (Å²) in [7, 11) is 0. The van der Waals surface area contributed by atoms with Gasteiger partial charge in [-0.3, -0.25) is 29.0 Å². The second-order valence-corrected chi connectivity index (χ2v) is 12.7. The molecule has 6 rings (SSSR count). The SMILES string of the molecule is O=C1[C@H]2[C@H](CC=C3[C@H]2C[C@@]2(Cl)C(=O)N(CBr)C(=O)[C@@]2(Cl)[C@H]3c2ccc(O)cc2)C(=O)N1c1ccc(Br)cc1. The van der Waals surface area contributed by atoms with E-state index < -0.39 is 45.2 Å². The molecule has 2 aliphatic carbocycles. The first-order valence-corrected chi connectivity index (χ1v) is 14.6. The highest BCUT2D eigenvalue weighted by atomic mass is 79.9. The van der Waals surface area contributed by atoms with Gasteiger partial charge in [0.25, 0.3) is 11.8 Å². The summed E-state index contributed by atoms with van der Waals surface area (Å²) in [5.74, 6) is -4.74. The standard InChI is InChI=1S/C27H20Br2Cl2N2O5/c28-12-32-24(37)26(30)11-19-17(21(27(26,31)25(32)38)13-1-7-16(34)8-2-13)9-10-18-20(19)23(36)33(22(18)35)15-5-3-14(29)4-6-15/h1-9,18-21,34H,10-12H2/t18-,19+,20-,21-,26+,27-/m0/s1. The predicted molar refractivity (Wildman–Crippen MR) is 148 cm³/mol. The van der Waals surface area contributed by atoms with Crippen LogP contribution in [0.1, 0.15) is 24.3 Å². The Balaban J connectivity index is 1.51. The van der Waals surface area contributed by atoms with Crippen LogP contribution in [-0.2, 0) is 19.2 Å². The Morgan fingerprint density at radius 2 is 1.58 bits per heavy atom. The summed E-state index contributed by atoms with van der Waals surface area (Å²) in [5, 5.41) is 9.91. The highest BCUT2D eigenvalue weighted by Crippen LogP contribution is 2.65. The zero-order valence-corrected chi connectivity index (χ0v) is 24.3. The first-order valence-electron chi connectivity index (χ1n) is 12.0. The molecule has 1 saturated carbocycles. The van der Waals surface area contributed by atoms with E-state index in [1.807, 2.05) is 6.08 Å². The average molecular weight is 683 g/mol. The van der Waals surface area contributed by atoms with E-state index in [-0.39, 0.29) is 35.9 Å². The Bertz CT molecular complexity index is 1430. The topological polar surface area (TPSA) is 95.0 Å². The summed E-state index contributed by atoms with van der Waals surface area (Å²) in [6.45, 7) is 0. The van der Waals surface area contributed by atoms with Crippen molar-refractivity contribution in [2.75, 3.05) is 10.4 Å². The number of phenols is 1. The Morgan fingerprint density at radius 3 is 2.21 bits per heavy atom. The van der Waals surface area contributed by atoms with E-state index in [1.165, 1.54) is 17.0 Å². The number of hydrogen-bond donors (Lipinski definition) is 1. The second-order valence-electron chi connectivity index (χ2n) is 10.1. The molecule has 196 valence electrons. The predicted octanol–water partition coefficient (Wildman–Crippen LogP) is 5.07. The lowest BCUT2D eigenvalue weighted by Crippen LogP contribution is -2.60. The molecule has 38 heavy (non-hydrogen) atoms. The van der Waals surface area contributed by atoms with Crippen molar-refractivity contribution in [1.29, 1.82) is 0 Å². The van der Waals surface area contributed by atoms with Crippen molar-refractivity contribution in [3.8, 4) is 5.75 Å². The maximum Gasteiger partial charge on any atom is 0.254 e. The third kappa shape index (κ3) is 3.31. The molecule has 2 heterocycles. The normalized spacial score (nSPS) is 34.3. The maximum absolute atomic E-state index is 13.9. The van der Waals surface area contributed by atoms with E-state index in [0.717, 1.165) is 9.37 Å². The fourth-order valence-electron chi connectivity index (χ4n) is 6.64. The summed E-state index contributed by atoms with van der Waals surface area (Å²) >= 11 is 20.9. The second kappa shape index (κ2) is 8.91. The van der Waals surface area contributed by atoms with Crippen LogP contribution in [0.2, 0.25) is 0 Å². The fourth-order valence-corrected chi connectivity index (χ4v) is 8.33. The Hall–Kier alpha value is -2.20. The number of carbonyl (C=O) groups is 4. The third-order valence-corrected chi connectivity index (χ3v) is 10.8. The summed E-state index contributed by atoms with van der Waals surface area (Å²) in [6, 6.07) is 13.2. The van der Waals surface area contributed by atoms with Crippen LogP contribution < -0.4 is 4.90 Å². The summed E-state index contributed by atoms with van der Waals surface area (Å²) < 4.78 is 0.814. The van der Waals surface area contributed by atoms with Crippen LogP contribution in [-0.4, -0.2) is 48.8 Å². The number of halogens is 4. The lowest BCUT2D eigenvalue weighted by atomic mass is 9.56. The van der Waals surface area contributed by atoms with Crippen molar-refractivity contribution in [3.05, 3.63) is 70.2 Å². The number of amides is 4. The Kier molecular flexibility index (Phi) is 6.11. The zero-order chi connectivity index (χ0) is 27.1. The maximum atomic E-state index is 13.9. The number of anilines is 1. The van der Waals surface area contributed by atoms with E-state index in [0.29, 0.717) is 16.8 Å². The van der Waals surface area contributed by atoms with Gasteiger partial charge >= 0.3 is 0 Å². The Labute approximate surface area is 245 Å². The molecular formula is C27H20Br2Cl2N2O5. The number of imide groups is 2. The van der Waals surface area contributed by atoms with E-state index >= 15 is 0 Å². The van der Waals surface area contributed by atoms with Gasteiger partial charge in [0, 0.05) is 10.4 Å². The van der Waals surface area contributed by atoms with Crippen LogP contribution in [0.15, 0.2) is 64.7 Å². The highest BCUT2D eigenvalue weighted by molar-refractivity contribution is 9.10. The van der Waals surface area contributed by atoms with Gasteiger partial charge in [0.15, 0.2) is 9.75 Å². The number of aromatic hydroxyl groups is 1. The van der Waals surface area contributed by atoms with Crippen molar-refractivity contribution < 1.29 is 24.3 Å². The van der Waals surface area contributed by atoms with Crippen LogP contribution in [0, 0.1) is 17.8 Å². The number of likely N-dealkylation sites (tertiary alicyclic amines) is 1. The molecule has 6 atom stereocenters. The van der Waals surface area contributed by atoms with Gasteiger partial charge in [0.2, 0.25) is 11.8 Å². The lowest BCUT2D eigenvalue weighted by Gasteiger charge is -2.50. The van der Waals surface area contributed by atoms with Crippen molar-refractivity contribution in [2.24, 2.45) is 17.8 Å². The van der Waals surface area contributed by atoms with Gasteiger partial charge in [-0.2, -0.15) is 0 Å². The van der Waals surface area contributed by atoms with E-state index in [4.69, 9.17) is 23.2 Å². The van der Waals surface area contributed by atoms with Gasteiger partial charge in [-0.15, -0.1) is 23.2 Å². The van der Waals surface area contributed by atoms with Crippen molar-refractivity contribution in [2.45, 2.75) is 28.5 Å². The molecule has 2 aromatic carbocycles. The van der Waals surface area contributed by atoms with Crippen LogP contribution in [0.4, 0.5) is 5.69 Å². The number of rotatable bonds is 3. The molecule has 0 unspecified atom stereocenters. The van der Waals surface area contributed by atoms with Crippen molar-refractivity contribution in [1.82, 2.24) is 4.90 Å². The number of fused-ring (bicyclic) bond motifs is 4. The molecule has 0 bridgehead atoms. The Morgan fingerprint density at radius 1 is 0.921 bits per heavy atom. The molecule has 2 aromatic rings. The zero-order valence-electron chi connectivity index (χ0n) is 19.6. The minimum Gasteiger partial charge on any atom is -0.508 e. The quantitative estimate of drug-likeness (QED) is 0.211. The van der Waals surface area contributed by atoms with Crippen molar-refractivity contribution in [3.63, 3.8) is 0 Å². The number of hydrogen-bond acceptors (Lipinski definition) is 5. The number of phenolic OH excluding ortho intramolecular Hbond substituents is 1. The highest BCUT2D eigenvalue weighted by Gasteiger charge is 2.76. The van der Waals surface area contributed by atoms with E-state index in [9.17, 15) is 24.3 Å². The molecule has 4 amide bonds. The molecule has 1 N–H and O–H groups in total. The van der Waals surface area contributed by atoms with Gasteiger partial charge < -0.3 is 5.11 Å². The number of carbonyl (C=O) groups excluding carboxylic acids is 4. The summed E-state index contributed by atoms with van der Waals surface area (Å²) in [5.41, 5.74) is 1.67. The van der Waals surface area contributed by atoms with Crippen LogP contribution >= 0.6 is 55.1 Å². The first kappa shape index (κ1) is 26.0. The van der Waals surface area contributed by atoms with Gasteiger partial charge in [0.1, 0.15) is 5.75 Å². The first-order chi connectivity index (χ1) is 18.0. The molecule has 7 nitrogen and oxygen atoms in total. The smallest absolute Gasteiger partial charge is 0.254 e. The number of allylic oxidation sites excluding steroid dienone is 2. The van der Waals surface area contributed by atoms with Crippen molar-refractivity contribution >= 4 is 84.4 Å². The molecule has 0 radical (unpaired) electrons. The van der Waals surface area contributed by atoms with Crippen LogP contribution in [0.5, 0.6) is 5.75 Å². The lowest BCUT2D eigenvalue weighted by molar-refractivity contribution is -0.138. The number of alkyl halides is 3. The fraction of sp³-hybridized carbons (Fsp3) is 0.333. The molecule has 0 spiro atoms. The van der Waals surface area contributed by atoms with Gasteiger partial charge in [-0.05, 0) is 60.7 Å². The van der Waals surface area contributed by atoms with E-state index in [1.54, 1.807) is 36.4 Å². The molecule has 3 fully saturated rings. The monoisotopic (exact) mass is 680 g/mol. The van der Waals surface area contributed by atoms with Gasteiger partial charge in [-0.1, -0.05) is 55.6 Å². The third-order valence-electron chi connectivity index (χ3n) is 8.33. The van der Waals surface area contributed by atoms with Gasteiger partial charge in [-0.25, -0.2) is 0 Å². The molecule has 2 aliphatic heterocycles. The minimum absolute atomic E-state index is 0.0252. The van der Waals surface area contributed by atoms with Crippen LogP contribution in [0.3, 0.4) is 0 Å². The molecular weight excluding hydrogens is 663 g/mol. The largest absolute Gasteiger partial charge is 0.508 e. The van der Waals surface area contributed by atoms with E-state index in [2.05, 4.69) is 31.9 Å².